The summed E-state index contributed by atoms with van der Waals surface area (Å²) in [4.78, 5) is 21.7. The van der Waals surface area contributed by atoms with Crippen molar-refractivity contribution in [3.63, 3.8) is 0 Å². The molecule has 2 aliphatic heterocycles. The fraction of sp³-hybridized carbons (Fsp3) is 0.435. The molecular formula is C23H29ClN4O5S. The predicted octanol–water partition coefficient (Wildman–Crippen LogP) is 4.13. The number of anilines is 1. The molecule has 0 saturated heterocycles. The number of nitrogens with two attached hydrogens (primary N) is 1. The molecule has 1 amide bonds. The minimum Gasteiger partial charge on any atom is -0.490 e. The second-order valence-corrected chi connectivity index (χ2v) is 12.6. The summed E-state index contributed by atoms with van der Waals surface area (Å²) >= 11 is 5.92. The van der Waals surface area contributed by atoms with E-state index in [4.69, 9.17) is 27.1 Å². The normalized spacial score (nSPS) is 27.8. The van der Waals surface area contributed by atoms with Gasteiger partial charge in [-0.1, -0.05) is 11.6 Å². The Morgan fingerprint density at radius 3 is 2.71 bits per heavy atom. The SMILES string of the molecule is C[C@H]1C[C@@H]2[C@](C)(N=C(N)C(C)(C)S2(O)O)c2cc(NC(=O)c3ncc(Cl)cc3CO)ccc2O1. The molecule has 34 heavy (non-hydrogen) atoms. The number of aliphatic hydroxyl groups is 1. The van der Waals surface area contributed by atoms with Crippen LogP contribution in [0.15, 0.2) is 35.5 Å². The summed E-state index contributed by atoms with van der Waals surface area (Å²) in [6, 6.07) is 6.58. The van der Waals surface area contributed by atoms with Crippen LogP contribution in [0.3, 0.4) is 0 Å². The largest absolute Gasteiger partial charge is 0.490 e. The van der Waals surface area contributed by atoms with Gasteiger partial charge in [-0.25, -0.2) is 4.98 Å². The smallest absolute Gasteiger partial charge is 0.274 e. The molecule has 2 aromatic rings. The number of aromatic nitrogens is 1. The fourth-order valence-corrected chi connectivity index (χ4v) is 7.16. The van der Waals surface area contributed by atoms with Crippen LogP contribution in [-0.2, 0) is 12.1 Å². The van der Waals surface area contributed by atoms with Crippen molar-refractivity contribution in [2.45, 2.75) is 62.4 Å². The summed E-state index contributed by atoms with van der Waals surface area (Å²) in [7, 11) is -3.23. The number of hydrogen-bond donors (Lipinski definition) is 5. The van der Waals surface area contributed by atoms with Gasteiger partial charge < -0.3 is 20.9 Å². The monoisotopic (exact) mass is 508 g/mol. The third-order valence-corrected chi connectivity index (χ3v) is 10.1. The Bertz CT molecular complexity index is 1190. The summed E-state index contributed by atoms with van der Waals surface area (Å²) in [6.07, 6.45) is 1.40. The van der Waals surface area contributed by atoms with Gasteiger partial charge in [0.1, 0.15) is 27.6 Å². The summed E-state index contributed by atoms with van der Waals surface area (Å²) < 4.78 is 27.7. The average molecular weight is 509 g/mol. The lowest BCUT2D eigenvalue weighted by atomic mass is 9.85. The minimum absolute atomic E-state index is 0.0478. The molecule has 0 spiro atoms. The predicted molar refractivity (Wildman–Crippen MR) is 134 cm³/mol. The van der Waals surface area contributed by atoms with E-state index in [1.54, 1.807) is 32.0 Å². The molecule has 4 rings (SSSR count). The third kappa shape index (κ3) is 3.83. The van der Waals surface area contributed by atoms with Crippen LogP contribution in [0.5, 0.6) is 5.75 Å². The summed E-state index contributed by atoms with van der Waals surface area (Å²) in [5, 5.41) is 12.0. The number of carbonyl (C=O) groups excluding carboxylic acids is 1. The van der Waals surface area contributed by atoms with E-state index >= 15 is 0 Å². The Labute approximate surface area is 204 Å². The van der Waals surface area contributed by atoms with Gasteiger partial charge in [0, 0.05) is 29.4 Å². The standard InChI is InChI=1S/C23H29ClN4O5S/c1-12-7-18-23(4,28-21(25)22(2,3)34(18,31)32)16-9-15(5-6-17(16)33-12)27-20(30)19-13(11-29)8-14(24)10-26-19/h5-6,8-10,12,18,29,31-32H,7,11H2,1-4H3,(H2,25,28)(H,27,30)/t12-,18+,23+/m0/s1. The molecule has 0 unspecified atom stereocenters. The Morgan fingerprint density at radius 2 is 2.03 bits per heavy atom. The maximum atomic E-state index is 12.9. The number of benzene rings is 1. The number of hydrogen-bond acceptors (Lipinski definition) is 8. The zero-order chi connectivity index (χ0) is 25.1. The Kier molecular flexibility index (Phi) is 6.10. The van der Waals surface area contributed by atoms with E-state index in [0.717, 1.165) is 0 Å². The van der Waals surface area contributed by atoms with Gasteiger partial charge in [-0.05, 0) is 52.0 Å². The van der Waals surface area contributed by atoms with Crippen molar-refractivity contribution in [3.05, 3.63) is 52.3 Å². The molecule has 0 bridgehead atoms. The van der Waals surface area contributed by atoms with Crippen LogP contribution in [0, 0.1) is 0 Å². The van der Waals surface area contributed by atoms with Gasteiger partial charge in [0.15, 0.2) is 0 Å². The summed E-state index contributed by atoms with van der Waals surface area (Å²) in [5.74, 6) is 0.157. The van der Waals surface area contributed by atoms with E-state index in [1.165, 1.54) is 12.3 Å². The topological polar surface area (TPSA) is 150 Å². The van der Waals surface area contributed by atoms with Gasteiger partial charge in [-0.3, -0.25) is 18.9 Å². The highest BCUT2D eigenvalue weighted by molar-refractivity contribution is 8.26. The van der Waals surface area contributed by atoms with Crippen molar-refractivity contribution >= 4 is 39.6 Å². The van der Waals surface area contributed by atoms with Gasteiger partial charge in [0.2, 0.25) is 0 Å². The highest BCUT2D eigenvalue weighted by Crippen LogP contribution is 2.66. The number of nitrogens with zero attached hydrogens (tertiary/aromatic N) is 2. The van der Waals surface area contributed by atoms with Crippen LogP contribution in [0.25, 0.3) is 0 Å². The molecule has 184 valence electrons. The Hall–Kier alpha value is -2.37. The van der Waals surface area contributed by atoms with Gasteiger partial charge in [0.05, 0.1) is 23.0 Å². The number of pyridine rings is 1. The number of amidine groups is 1. The highest BCUT2D eigenvalue weighted by atomic mass is 35.5. The lowest BCUT2D eigenvalue weighted by molar-refractivity contribution is 0.101. The molecule has 3 heterocycles. The summed E-state index contributed by atoms with van der Waals surface area (Å²) in [5.41, 5.74) is 6.53. The molecule has 1 aromatic heterocycles. The van der Waals surface area contributed by atoms with Crippen molar-refractivity contribution in [1.29, 1.82) is 0 Å². The van der Waals surface area contributed by atoms with E-state index in [1.807, 2.05) is 13.8 Å². The number of rotatable bonds is 3. The van der Waals surface area contributed by atoms with Gasteiger partial charge in [-0.15, -0.1) is 0 Å². The van der Waals surface area contributed by atoms with Crippen LogP contribution >= 0.6 is 22.2 Å². The van der Waals surface area contributed by atoms with Crippen LogP contribution in [0.1, 0.15) is 55.7 Å². The Balaban J connectivity index is 1.79. The first-order valence-electron chi connectivity index (χ1n) is 10.8. The maximum absolute atomic E-state index is 12.9. The highest BCUT2D eigenvalue weighted by Gasteiger charge is 2.58. The fourth-order valence-electron chi connectivity index (χ4n) is 4.55. The Morgan fingerprint density at radius 1 is 1.32 bits per heavy atom. The summed E-state index contributed by atoms with van der Waals surface area (Å²) in [6.45, 7) is 6.66. The van der Waals surface area contributed by atoms with Crippen LogP contribution < -0.4 is 15.8 Å². The number of ether oxygens (including phenoxy) is 1. The number of aliphatic imine (C=N–C) groups is 1. The van der Waals surface area contributed by atoms with Crippen LogP contribution in [0.4, 0.5) is 5.69 Å². The van der Waals surface area contributed by atoms with Crippen molar-refractivity contribution in [2.75, 3.05) is 5.32 Å². The van der Waals surface area contributed by atoms with Crippen molar-refractivity contribution < 1.29 is 23.7 Å². The molecule has 0 saturated carbocycles. The molecular weight excluding hydrogens is 480 g/mol. The average Bonchev–Trinajstić information content (AvgIpc) is 2.87. The zero-order valence-electron chi connectivity index (χ0n) is 19.4. The number of aliphatic hydroxyl groups excluding tert-OH is 1. The number of amides is 1. The molecule has 6 N–H and O–H groups in total. The molecule has 11 heteroatoms. The number of carbonyl (C=O) groups is 1. The zero-order valence-corrected chi connectivity index (χ0v) is 20.9. The molecule has 1 aromatic carbocycles. The second-order valence-electron chi connectivity index (χ2n) is 9.39. The van der Waals surface area contributed by atoms with E-state index in [9.17, 15) is 19.0 Å². The third-order valence-electron chi connectivity index (χ3n) is 6.72. The second kappa shape index (κ2) is 8.39. The number of nitrogens with one attached hydrogen (secondary N) is 1. The first-order chi connectivity index (χ1) is 15.8. The number of halogens is 1. The lowest BCUT2D eigenvalue weighted by Crippen LogP contribution is -2.57. The van der Waals surface area contributed by atoms with Gasteiger partial charge in [0.25, 0.3) is 5.91 Å². The molecule has 0 radical (unpaired) electrons. The number of fused-ring (bicyclic) bond motifs is 3. The van der Waals surface area contributed by atoms with Gasteiger partial charge in [-0.2, -0.15) is 10.6 Å². The van der Waals surface area contributed by atoms with E-state index < -0.39 is 38.6 Å². The first kappa shape index (κ1) is 24.7. The van der Waals surface area contributed by atoms with E-state index in [-0.39, 0.29) is 17.6 Å². The van der Waals surface area contributed by atoms with Crippen molar-refractivity contribution in [1.82, 2.24) is 4.98 Å². The molecule has 3 atom stereocenters. The van der Waals surface area contributed by atoms with Gasteiger partial charge >= 0.3 is 0 Å². The quantitative estimate of drug-likeness (QED) is 0.418. The molecule has 0 fully saturated rings. The molecule has 9 nitrogen and oxygen atoms in total. The van der Waals surface area contributed by atoms with Crippen molar-refractivity contribution in [2.24, 2.45) is 10.7 Å². The van der Waals surface area contributed by atoms with Crippen LogP contribution in [-0.4, -0.2) is 47.0 Å². The lowest BCUT2D eigenvalue weighted by Gasteiger charge is -2.58. The molecule has 0 aliphatic carbocycles. The molecule has 2 aliphatic rings. The minimum atomic E-state index is -3.23. The van der Waals surface area contributed by atoms with E-state index in [2.05, 4.69) is 10.3 Å². The van der Waals surface area contributed by atoms with E-state index in [0.29, 0.717) is 34.0 Å². The maximum Gasteiger partial charge on any atom is 0.274 e. The van der Waals surface area contributed by atoms with Crippen molar-refractivity contribution in [3.8, 4) is 5.75 Å². The first-order valence-corrected chi connectivity index (χ1v) is 12.8. The van der Waals surface area contributed by atoms with Crippen LogP contribution in [0.2, 0.25) is 5.02 Å².